The number of hydrogen-bond donors (Lipinski definition) is 8. The summed E-state index contributed by atoms with van der Waals surface area (Å²) in [6.45, 7) is 0. The molecule has 0 bridgehead atoms. The van der Waals surface area contributed by atoms with Crippen molar-refractivity contribution in [2.45, 2.75) is 11.8 Å². The van der Waals surface area contributed by atoms with Crippen molar-refractivity contribution in [3.63, 3.8) is 0 Å². The van der Waals surface area contributed by atoms with E-state index in [-0.39, 0.29) is 46.0 Å². The van der Waals surface area contributed by atoms with Crippen molar-refractivity contribution in [1.29, 1.82) is 0 Å². The number of rotatable bonds is 5. The molecule has 0 spiro atoms. The van der Waals surface area contributed by atoms with Crippen LogP contribution in [0.4, 0.5) is 0 Å². The summed E-state index contributed by atoms with van der Waals surface area (Å²) in [5.74, 6) is -4.28. The molecule has 0 aliphatic heterocycles. The van der Waals surface area contributed by atoms with Crippen LogP contribution in [0, 0.1) is 0 Å². The summed E-state index contributed by atoms with van der Waals surface area (Å²) in [6.07, 6.45) is 0. The minimum Gasteiger partial charge on any atom is -0.504 e. The average molecular weight is 462 g/mol. The summed E-state index contributed by atoms with van der Waals surface area (Å²) < 4.78 is 0. The van der Waals surface area contributed by atoms with Crippen LogP contribution in [0.3, 0.4) is 0 Å². The van der Waals surface area contributed by atoms with E-state index in [4.69, 9.17) is 0 Å². The monoisotopic (exact) mass is 462 g/mol. The first-order valence-corrected chi connectivity index (χ1v) is 10.2. The van der Waals surface area contributed by atoms with E-state index in [0.717, 1.165) is 0 Å². The second kappa shape index (κ2) is 8.67. The standard InChI is InChI=1S/C26H22O8/c27-17-5-1-13(9-21(17)31)25(14-2-6-18(28)22(32)10-14)26(15-3-7-19(29)23(33)11-15)16-4-8-20(30)24(34)12-16/h1-12,25-34H. The Hall–Kier alpha value is -4.72. The molecular weight excluding hydrogens is 440 g/mol. The molecule has 0 atom stereocenters. The van der Waals surface area contributed by atoms with E-state index in [9.17, 15) is 40.9 Å². The van der Waals surface area contributed by atoms with Crippen molar-refractivity contribution < 1.29 is 40.9 Å². The maximum atomic E-state index is 10.2. The van der Waals surface area contributed by atoms with Crippen molar-refractivity contribution in [2.75, 3.05) is 0 Å². The van der Waals surface area contributed by atoms with Crippen molar-refractivity contribution in [3.05, 3.63) is 95.1 Å². The van der Waals surface area contributed by atoms with Gasteiger partial charge in [0, 0.05) is 11.8 Å². The lowest BCUT2D eigenvalue weighted by atomic mass is 9.73. The first-order chi connectivity index (χ1) is 16.2. The average Bonchev–Trinajstić information content (AvgIpc) is 2.80. The molecule has 8 heteroatoms. The van der Waals surface area contributed by atoms with Gasteiger partial charge in [0.15, 0.2) is 46.0 Å². The predicted octanol–water partition coefficient (Wildman–Crippen LogP) is 4.30. The molecule has 0 heterocycles. The molecule has 4 rings (SSSR count). The van der Waals surface area contributed by atoms with E-state index in [1.54, 1.807) is 24.3 Å². The summed E-state index contributed by atoms with van der Waals surface area (Å²) in [5, 5.41) is 80.1. The smallest absolute Gasteiger partial charge is 0.157 e. The zero-order valence-corrected chi connectivity index (χ0v) is 17.7. The molecule has 8 N–H and O–H groups in total. The van der Waals surface area contributed by atoms with Crippen LogP contribution >= 0.6 is 0 Å². The fourth-order valence-corrected chi connectivity index (χ4v) is 4.09. The third-order valence-electron chi connectivity index (χ3n) is 5.77. The van der Waals surface area contributed by atoms with Gasteiger partial charge >= 0.3 is 0 Å². The molecule has 34 heavy (non-hydrogen) atoms. The van der Waals surface area contributed by atoms with Crippen molar-refractivity contribution in [1.82, 2.24) is 0 Å². The Bertz CT molecular complexity index is 1160. The molecule has 0 saturated heterocycles. The first kappa shape index (κ1) is 22.5. The predicted molar refractivity (Wildman–Crippen MR) is 123 cm³/mol. The van der Waals surface area contributed by atoms with E-state index in [1.807, 2.05) is 0 Å². The minimum absolute atomic E-state index is 0.336. The molecule has 0 aliphatic carbocycles. The van der Waals surface area contributed by atoms with Crippen LogP contribution in [0.25, 0.3) is 0 Å². The number of benzene rings is 4. The van der Waals surface area contributed by atoms with Gasteiger partial charge in [-0.1, -0.05) is 24.3 Å². The van der Waals surface area contributed by atoms with Gasteiger partial charge in [0.1, 0.15) is 0 Å². The Morgan fingerprint density at radius 2 is 0.500 bits per heavy atom. The zero-order chi connectivity index (χ0) is 24.6. The molecular formula is C26H22O8. The highest BCUT2D eigenvalue weighted by molar-refractivity contribution is 5.55. The molecule has 174 valence electrons. The van der Waals surface area contributed by atoms with Gasteiger partial charge in [-0.2, -0.15) is 0 Å². The van der Waals surface area contributed by atoms with E-state index in [2.05, 4.69) is 0 Å². The van der Waals surface area contributed by atoms with Gasteiger partial charge in [-0.3, -0.25) is 0 Å². The summed E-state index contributed by atoms with van der Waals surface area (Å²) >= 11 is 0. The zero-order valence-electron chi connectivity index (χ0n) is 17.7. The molecule has 0 unspecified atom stereocenters. The Kier molecular flexibility index (Phi) is 5.73. The number of phenolic OH excluding ortho intramolecular Hbond substituents is 8. The highest BCUT2D eigenvalue weighted by Gasteiger charge is 2.30. The highest BCUT2D eigenvalue weighted by atomic mass is 16.3. The maximum absolute atomic E-state index is 10.2. The van der Waals surface area contributed by atoms with Crippen molar-refractivity contribution in [2.24, 2.45) is 0 Å². The van der Waals surface area contributed by atoms with Crippen LogP contribution in [0.2, 0.25) is 0 Å². The molecule has 0 fully saturated rings. The molecule has 4 aromatic rings. The highest BCUT2D eigenvalue weighted by Crippen LogP contribution is 2.48. The second-order valence-electron chi connectivity index (χ2n) is 7.95. The lowest BCUT2D eigenvalue weighted by Crippen LogP contribution is -2.15. The molecule has 0 saturated carbocycles. The summed E-state index contributed by atoms with van der Waals surface area (Å²) in [7, 11) is 0. The number of aromatic hydroxyl groups is 8. The first-order valence-electron chi connectivity index (χ1n) is 10.2. The summed E-state index contributed by atoms with van der Waals surface area (Å²) in [4.78, 5) is 0. The van der Waals surface area contributed by atoms with Gasteiger partial charge < -0.3 is 40.9 Å². The number of hydrogen-bond acceptors (Lipinski definition) is 8. The molecule has 0 amide bonds. The van der Waals surface area contributed by atoms with Crippen LogP contribution in [0.5, 0.6) is 46.0 Å². The Labute approximate surface area is 194 Å². The van der Waals surface area contributed by atoms with Crippen LogP contribution in [-0.4, -0.2) is 40.9 Å². The summed E-state index contributed by atoms with van der Waals surface area (Å²) in [5.41, 5.74) is 1.96. The lowest BCUT2D eigenvalue weighted by Gasteiger charge is -2.30. The van der Waals surface area contributed by atoms with Crippen molar-refractivity contribution >= 4 is 0 Å². The number of phenols is 8. The molecule has 8 nitrogen and oxygen atoms in total. The quantitative estimate of drug-likeness (QED) is 0.204. The fourth-order valence-electron chi connectivity index (χ4n) is 4.09. The van der Waals surface area contributed by atoms with Crippen LogP contribution in [-0.2, 0) is 0 Å². The van der Waals surface area contributed by atoms with Crippen molar-refractivity contribution in [3.8, 4) is 46.0 Å². The van der Waals surface area contributed by atoms with Crippen LogP contribution < -0.4 is 0 Å². The fraction of sp³-hybridized carbons (Fsp3) is 0.0769. The van der Waals surface area contributed by atoms with Gasteiger partial charge in [-0.05, 0) is 70.8 Å². The normalized spacial score (nSPS) is 11.2. The molecule has 0 aromatic heterocycles. The van der Waals surface area contributed by atoms with Gasteiger partial charge in [0.25, 0.3) is 0 Å². The third kappa shape index (κ3) is 4.16. The molecule has 0 aliphatic rings. The minimum atomic E-state index is -0.703. The van der Waals surface area contributed by atoms with E-state index in [1.165, 1.54) is 48.5 Å². The van der Waals surface area contributed by atoms with Crippen LogP contribution in [0.15, 0.2) is 72.8 Å². The third-order valence-corrected chi connectivity index (χ3v) is 5.77. The van der Waals surface area contributed by atoms with Gasteiger partial charge in [0.2, 0.25) is 0 Å². The van der Waals surface area contributed by atoms with Gasteiger partial charge in [-0.25, -0.2) is 0 Å². The van der Waals surface area contributed by atoms with E-state index in [0.29, 0.717) is 22.3 Å². The maximum Gasteiger partial charge on any atom is 0.157 e. The second-order valence-corrected chi connectivity index (χ2v) is 7.95. The molecule has 0 radical (unpaired) electrons. The molecule has 4 aromatic carbocycles. The SMILES string of the molecule is Oc1ccc(C(c2ccc(O)c(O)c2)C(c2ccc(O)c(O)c2)c2ccc(O)c(O)c2)cc1O. The van der Waals surface area contributed by atoms with Gasteiger partial charge in [0.05, 0.1) is 0 Å². The van der Waals surface area contributed by atoms with Crippen LogP contribution in [0.1, 0.15) is 34.1 Å². The summed E-state index contributed by atoms with van der Waals surface area (Å²) in [6, 6.07) is 16.9. The topological polar surface area (TPSA) is 162 Å². The Morgan fingerprint density at radius 3 is 0.676 bits per heavy atom. The lowest BCUT2D eigenvalue weighted by molar-refractivity contribution is 0.399. The Morgan fingerprint density at radius 1 is 0.294 bits per heavy atom. The van der Waals surface area contributed by atoms with Gasteiger partial charge in [-0.15, -0.1) is 0 Å². The van der Waals surface area contributed by atoms with E-state index < -0.39 is 11.8 Å². The van der Waals surface area contributed by atoms with E-state index >= 15 is 0 Å². The largest absolute Gasteiger partial charge is 0.504 e. The Balaban J connectivity index is 2.03.